The van der Waals surface area contributed by atoms with Crippen LogP contribution in [0.2, 0.25) is 0 Å². The van der Waals surface area contributed by atoms with Crippen molar-refractivity contribution in [2.24, 2.45) is 17.6 Å². The van der Waals surface area contributed by atoms with Gasteiger partial charge in [-0.3, -0.25) is 0 Å². The van der Waals surface area contributed by atoms with E-state index in [1.54, 1.807) is 0 Å². The minimum atomic E-state index is 0.157. The minimum absolute atomic E-state index is 0.157. The maximum absolute atomic E-state index is 6.25. The lowest BCUT2D eigenvalue weighted by atomic mass is 10.0. The van der Waals surface area contributed by atoms with E-state index in [9.17, 15) is 0 Å². The van der Waals surface area contributed by atoms with Crippen LogP contribution in [0.4, 0.5) is 0 Å². The highest BCUT2D eigenvalue weighted by Gasteiger charge is 2.25. The van der Waals surface area contributed by atoms with Crippen molar-refractivity contribution in [1.82, 2.24) is 4.90 Å². The average molecular weight is 311 g/mol. The van der Waals surface area contributed by atoms with Crippen molar-refractivity contribution in [2.45, 2.75) is 26.3 Å². The van der Waals surface area contributed by atoms with Crippen LogP contribution in [-0.2, 0) is 0 Å². The van der Waals surface area contributed by atoms with Gasteiger partial charge in [0.1, 0.15) is 0 Å². The summed E-state index contributed by atoms with van der Waals surface area (Å²) in [5, 5.41) is 0. The molecule has 1 heterocycles. The number of rotatable bonds is 4. The summed E-state index contributed by atoms with van der Waals surface area (Å²) in [5.41, 5.74) is 7.49. The summed E-state index contributed by atoms with van der Waals surface area (Å²) < 4.78 is 1.11. The molecule has 2 N–H and O–H groups in total. The Kier molecular flexibility index (Phi) is 4.82. The quantitative estimate of drug-likeness (QED) is 0.923. The fraction of sp³-hybridized carbons (Fsp3) is 0.600. The molecule has 0 aliphatic carbocycles. The fourth-order valence-corrected chi connectivity index (χ4v) is 2.89. The van der Waals surface area contributed by atoms with Gasteiger partial charge in [0.25, 0.3) is 0 Å². The van der Waals surface area contributed by atoms with Gasteiger partial charge in [0.05, 0.1) is 0 Å². The Morgan fingerprint density at radius 3 is 2.33 bits per heavy atom. The van der Waals surface area contributed by atoms with Crippen LogP contribution in [0.5, 0.6) is 0 Å². The zero-order chi connectivity index (χ0) is 13.1. The molecule has 3 atom stereocenters. The van der Waals surface area contributed by atoms with Crippen molar-refractivity contribution < 1.29 is 0 Å². The van der Waals surface area contributed by atoms with E-state index in [2.05, 4.69) is 58.9 Å². The van der Waals surface area contributed by atoms with Gasteiger partial charge in [0.15, 0.2) is 0 Å². The van der Waals surface area contributed by atoms with Gasteiger partial charge in [-0.05, 0) is 42.5 Å². The smallest absolute Gasteiger partial charge is 0.0307 e. The molecule has 1 aliphatic heterocycles. The van der Waals surface area contributed by atoms with Gasteiger partial charge < -0.3 is 10.6 Å². The van der Waals surface area contributed by atoms with Crippen molar-refractivity contribution in [1.29, 1.82) is 0 Å². The zero-order valence-corrected chi connectivity index (χ0v) is 12.9. The Balaban J connectivity index is 1.81. The summed E-state index contributed by atoms with van der Waals surface area (Å²) in [6.07, 6.45) is 1.04. The maximum Gasteiger partial charge on any atom is 0.0307 e. The summed E-state index contributed by atoms with van der Waals surface area (Å²) >= 11 is 3.45. The van der Waals surface area contributed by atoms with Crippen molar-refractivity contribution >= 4 is 15.9 Å². The largest absolute Gasteiger partial charge is 0.324 e. The summed E-state index contributed by atoms with van der Waals surface area (Å²) in [5.74, 6) is 1.66. The first-order chi connectivity index (χ1) is 8.56. The van der Waals surface area contributed by atoms with Gasteiger partial charge in [-0.1, -0.05) is 41.9 Å². The Labute approximate surface area is 119 Å². The van der Waals surface area contributed by atoms with Crippen LogP contribution >= 0.6 is 15.9 Å². The Bertz CT molecular complexity index is 367. The van der Waals surface area contributed by atoms with Crippen LogP contribution in [-0.4, -0.2) is 24.5 Å². The van der Waals surface area contributed by atoms with Crippen molar-refractivity contribution in [3.63, 3.8) is 0 Å². The first kappa shape index (κ1) is 14.0. The predicted octanol–water partition coefficient (Wildman–Crippen LogP) is 3.43. The maximum atomic E-state index is 6.25. The van der Waals surface area contributed by atoms with Crippen LogP contribution in [0.3, 0.4) is 0 Å². The van der Waals surface area contributed by atoms with Gasteiger partial charge in [0.2, 0.25) is 0 Å². The van der Waals surface area contributed by atoms with Gasteiger partial charge in [-0.15, -0.1) is 0 Å². The van der Waals surface area contributed by atoms with Crippen molar-refractivity contribution in [2.75, 3.05) is 19.6 Å². The number of halogens is 1. The monoisotopic (exact) mass is 310 g/mol. The van der Waals surface area contributed by atoms with Gasteiger partial charge in [-0.2, -0.15) is 0 Å². The molecule has 0 saturated carbocycles. The molecule has 2 rings (SSSR count). The van der Waals surface area contributed by atoms with Crippen LogP contribution in [0.15, 0.2) is 28.7 Å². The topological polar surface area (TPSA) is 29.3 Å². The Hall–Kier alpha value is -0.380. The molecule has 0 radical (unpaired) electrons. The van der Waals surface area contributed by atoms with Crippen molar-refractivity contribution in [3.8, 4) is 0 Å². The molecule has 0 bridgehead atoms. The SMILES string of the molecule is CC1CN(CCC(N)c2ccc(Br)cc2)CC1C. The molecule has 1 aromatic carbocycles. The molecule has 3 unspecified atom stereocenters. The molecule has 100 valence electrons. The lowest BCUT2D eigenvalue weighted by Crippen LogP contribution is -2.25. The van der Waals surface area contributed by atoms with Crippen LogP contribution < -0.4 is 5.73 Å². The molecule has 18 heavy (non-hydrogen) atoms. The van der Waals surface area contributed by atoms with E-state index < -0.39 is 0 Å². The van der Waals surface area contributed by atoms with Crippen molar-refractivity contribution in [3.05, 3.63) is 34.3 Å². The van der Waals surface area contributed by atoms with E-state index in [1.807, 2.05) is 0 Å². The van der Waals surface area contributed by atoms with E-state index >= 15 is 0 Å². The normalized spacial score (nSPS) is 26.4. The highest BCUT2D eigenvalue weighted by Crippen LogP contribution is 2.24. The second-order valence-corrected chi connectivity index (χ2v) is 6.58. The minimum Gasteiger partial charge on any atom is -0.324 e. The highest BCUT2D eigenvalue weighted by atomic mass is 79.9. The lowest BCUT2D eigenvalue weighted by Gasteiger charge is -2.19. The van der Waals surface area contributed by atoms with E-state index in [-0.39, 0.29) is 6.04 Å². The third kappa shape index (κ3) is 3.56. The number of hydrogen-bond acceptors (Lipinski definition) is 2. The average Bonchev–Trinajstić information content (AvgIpc) is 2.67. The van der Waals surface area contributed by atoms with Crippen LogP contribution in [0.1, 0.15) is 31.9 Å². The molecule has 0 amide bonds. The molecule has 1 aliphatic rings. The lowest BCUT2D eigenvalue weighted by molar-refractivity contribution is 0.309. The molecule has 2 nitrogen and oxygen atoms in total. The van der Waals surface area contributed by atoms with E-state index in [1.165, 1.54) is 18.7 Å². The number of benzene rings is 1. The molecule has 0 spiro atoms. The van der Waals surface area contributed by atoms with Gasteiger partial charge >= 0.3 is 0 Å². The summed E-state index contributed by atoms with van der Waals surface area (Å²) in [6, 6.07) is 8.52. The first-order valence-corrected chi connectivity index (χ1v) is 7.59. The molecular weight excluding hydrogens is 288 g/mol. The van der Waals surface area contributed by atoms with E-state index in [0.717, 1.165) is 29.3 Å². The third-order valence-corrected chi connectivity index (χ3v) is 4.65. The van der Waals surface area contributed by atoms with Gasteiger partial charge in [0, 0.05) is 23.6 Å². The number of nitrogens with zero attached hydrogens (tertiary/aromatic N) is 1. The predicted molar refractivity (Wildman–Crippen MR) is 80.5 cm³/mol. The number of nitrogens with two attached hydrogens (primary N) is 1. The third-order valence-electron chi connectivity index (χ3n) is 4.12. The summed E-state index contributed by atoms with van der Waals surface area (Å²) in [6.45, 7) is 8.27. The second-order valence-electron chi connectivity index (χ2n) is 5.66. The molecule has 1 fully saturated rings. The molecule has 1 saturated heterocycles. The van der Waals surface area contributed by atoms with Gasteiger partial charge in [-0.25, -0.2) is 0 Å². The zero-order valence-electron chi connectivity index (χ0n) is 11.3. The van der Waals surface area contributed by atoms with Crippen LogP contribution in [0.25, 0.3) is 0 Å². The Morgan fingerprint density at radius 1 is 1.22 bits per heavy atom. The molecule has 0 aromatic heterocycles. The summed E-state index contributed by atoms with van der Waals surface area (Å²) in [4.78, 5) is 2.55. The Morgan fingerprint density at radius 2 is 1.78 bits per heavy atom. The second kappa shape index (κ2) is 6.18. The fourth-order valence-electron chi connectivity index (χ4n) is 2.63. The molecule has 1 aromatic rings. The molecular formula is C15H23BrN2. The van der Waals surface area contributed by atoms with E-state index in [4.69, 9.17) is 5.73 Å². The molecule has 3 heteroatoms. The number of likely N-dealkylation sites (tertiary alicyclic amines) is 1. The number of hydrogen-bond donors (Lipinski definition) is 1. The van der Waals surface area contributed by atoms with E-state index in [0.29, 0.717) is 0 Å². The summed E-state index contributed by atoms with van der Waals surface area (Å²) in [7, 11) is 0. The van der Waals surface area contributed by atoms with Crippen LogP contribution in [0, 0.1) is 11.8 Å². The highest BCUT2D eigenvalue weighted by molar-refractivity contribution is 9.10. The standard InChI is InChI=1S/C15H23BrN2/c1-11-9-18(10-12(11)2)8-7-15(17)13-3-5-14(16)6-4-13/h3-6,11-12,15H,7-10,17H2,1-2H3. The first-order valence-electron chi connectivity index (χ1n) is 6.79.